The zero-order valence-electron chi connectivity index (χ0n) is 18.7. The lowest BCUT2D eigenvalue weighted by atomic mass is 10.0. The van der Waals surface area contributed by atoms with Gasteiger partial charge in [-0.25, -0.2) is 8.42 Å². The zero-order chi connectivity index (χ0) is 24.0. The molecule has 0 saturated carbocycles. The minimum absolute atomic E-state index is 0.134. The molecule has 0 bridgehead atoms. The Kier molecular flexibility index (Phi) is 7.84. The van der Waals surface area contributed by atoms with Crippen molar-refractivity contribution in [3.8, 4) is 0 Å². The van der Waals surface area contributed by atoms with Gasteiger partial charge in [-0.15, -0.1) is 11.3 Å². The third kappa shape index (κ3) is 6.63. The summed E-state index contributed by atoms with van der Waals surface area (Å²) >= 11 is 1.45. The number of benzene rings is 2. The van der Waals surface area contributed by atoms with Gasteiger partial charge in [0.05, 0.1) is 10.9 Å². The molecule has 2 aromatic carbocycles. The Hall–Kier alpha value is -3.23. The molecular formula is C25H26N2O4S2. The van der Waals surface area contributed by atoms with Crippen LogP contribution in [0.4, 0.5) is 0 Å². The second kappa shape index (κ2) is 10.6. The number of rotatable bonds is 8. The van der Waals surface area contributed by atoms with E-state index in [0.717, 1.165) is 22.3 Å². The lowest BCUT2D eigenvalue weighted by Crippen LogP contribution is -2.36. The predicted octanol–water partition coefficient (Wildman–Crippen LogP) is 4.50. The molecular weight excluding hydrogens is 456 g/mol. The lowest BCUT2D eigenvalue weighted by molar-refractivity contribution is -0.118. The maximum atomic E-state index is 13.2. The topological polar surface area (TPSA) is 92.3 Å². The van der Waals surface area contributed by atoms with Gasteiger partial charge in [-0.05, 0) is 60.7 Å². The van der Waals surface area contributed by atoms with Gasteiger partial charge in [0.1, 0.15) is 5.70 Å². The van der Waals surface area contributed by atoms with Crippen molar-refractivity contribution in [1.82, 2.24) is 10.6 Å². The van der Waals surface area contributed by atoms with E-state index in [9.17, 15) is 18.0 Å². The summed E-state index contributed by atoms with van der Waals surface area (Å²) in [6, 6.07) is 17.0. The molecule has 1 heterocycles. The molecule has 6 nitrogen and oxygen atoms in total. The van der Waals surface area contributed by atoms with E-state index >= 15 is 0 Å². The molecule has 0 saturated heterocycles. The highest BCUT2D eigenvalue weighted by Crippen LogP contribution is 2.20. The third-order valence-corrected chi connectivity index (χ3v) is 6.97. The number of aryl methyl sites for hydroxylation is 1. The van der Waals surface area contributed by atoms with Gasteiger partial charge < -0.3 is 10.6 Å². The summed E-state index contributed by atoms with van der Waals surface area (Å²) < 4.78 is 23.5. The molecule has 33 heavy (non-hydrogen) atoms. The van der Waals surface area contributed by atoms with Crippen molar-refractivity contribution >= 4 is 39.1 Å². The predicted molar refractivity (Wildman–Crippen MR) is 132 cm³/mol. The van der Waals surface area contributed by atoms with Gasteiger partial charge in [-0.3, -0.25) is 9.59 Å². The number of carbonyl (C=O) groups excluding carboxylic acids is 2. The summed E-state index contributed by atoms with van der Waals surface area (Å²) in [5.74, 6) is -0.800. The molecule has 3 rings (SSSR count). The summed E-state index contributed by atoms with van der Waals surface area (Å²) in [6.07, 6.45) is 3.38. The van der Waals surface area contributed by atoms with E-state index < -0.39 is 15.7 Å². The number of thiophene rings is 1. The van der Waals surface area contributed by atoms with Crippen LogP contribution in [0.2, 0.25) is 0 Å². The van der Waals surface area contributed by atoms with E-state index in [1.54, 1.807) is 36.4 Å². The van der Waals surface area contributed by atoms with E-state index in [1.807, 2.05) is 37.4 Å². The first-order valence-electron chi connectivity index (χ1n) is 10.4. The van der Waals surface area contributed by atoms with Gasteiger partial charge in [0.25, 0.3) is 11.8 Å². The van der Waals surface area contributed by atoms with Crippen LogP contribution in [0.15, 0.2) is 76.6 Å². The van der Waals surface area contributed by atoms with Crippen LogP contribution in [0.5, 0.6) is 0 Å². The highest BCUT2D eigenvalue weighted by Gasteiger charge is 2.19. The quantitative estimate of drug-likeness (QED) is 0.463. The zero-order valence-corrected chi connectivity index (χ0v) is 20.3. The van der Waals surface area contributed by atoms with Crippen molar-refractivity contribution in [2.75, 3.05) is 6.26 Å². The van der Waals surface area contributed by atoms with E-state index in [0.29, 0.717) is 12.0 Å². The van der Waals surface area contributed by atoms with Crippen molar-refractivity contribution in [3.05, 3.63) is 93.3 Å². The van der Waals surface area contributed by atoms with Crippen LogP contribution < -0.4 is 10.6 Å². The highest BCUT2D eigenvalue weighted by atomic mass is 32.2. The Balaban J connectivity index is 1.84. The first kappa shape index (κ1) is 24.4. The van der Waals surface area contributed by atoms with Gasteiger partial charge in [0.15, 0.2) is 9.84 Å². The first-order valence-corrected chi connectivity index (χ1v) is 13.2. The van der Waals surface area contributed by atoms with Crippen molar-refractivity contribution in [2.45, 2.75) is 31.2 Å². The molecule has 0 fully saturated rings. The standard InChI is InChI=1S/C25H26N2O4S2/c1-4-22(18-10-12-21(13-11-18)33(3,30)31)26-25(29)23(16-20-9-6-14-32-20)27-24(28)19-8-5-7-17(2)15-19/h5-16,22H,4H2,1-3H3,(H,26,29)(H,27,28)/b23-16-/t22-/m1/s1. The van der Waals surface area contributed by atoms with Crippen molar-refractivity contribution in [1.29, 1.82) is 0 Å². The molecule has 172 valence electrons. The summed E-state index contributed by atoms with van der Waals surface area (Å²) in [4.78, 5) is 27.0. The van der Waals surface area contributed by atoms with Crippen LogP contribution in [-0.2, 0) is 14.6 Å². The van der Waals surface area contributed by atoms with Crippen LogP contribution >= 0.6 is 11.3 Å². The molecule has 1 atom stereocenters. The van der Waals surface area contributed by atoms with Crippen molar-refractivity contribution in [2.24, 2.45) is 0 Å². The second-order valence-corrected chi connectivity index (χ2v) is 10.7. The number of nitrogens with one attached hydrogen (secondary N) is 2. The molecule has 0 unspecified atom stereocenters. The second-order valence-electron chi connectivity index (χ2n) is 7.67. The fourth-order valence-electron chi connectivity index (χ4n) is 3.26. The molecule has 8 heteroatoms. The van der Waals surface area contributed by atoms with Gasteiger partial charge in [0, 0.05) is 16.7 Å². The number of sulfone groups is 1. The number of hydrogen-bond acceptors (Lipinski definition) is 5. The van der Waals surface area contributed by atoms with Crippen LogP contribution in [0.25, 0.3) is 6.08 Å². The van der Waals surface area contributed by atoms with Crippen LogP contribution in [0.1, 0.15) is 45.7 Å². The summed E-state index contributed by atoms with van der Waals surface area (Å²) in [5.41, 5.74) is 2.32. The van der Waals surface area contributed by atoms with Gasteiger partial charge >= 0.3 is 0 Å². The fraction of sp³-hybridized carbons (Fsp3) is 0.200. The Labute approximate surface area is 198 Å². The molecule has 0 aliphatic carbocycles. The first-order chi connectivity index (χ1) is 15.7. The SMILES string of the molecule is CC[C@@H](NC(=O)/C(=C/c1cccs1)NC(=O)c1cccc(C)c1)c1ccc(S(C)(=O)=O)cc1. The molecule has 0 aliphatic rings. The van der Waals surface area contributed by atoms with E-state index in [-0.39, 0.29) is 22.5 Å². The smallest absolute Gasteiger partial charge is 0.268 e. The lowest BCUT2D eigenvalue weighted by Gasteiger charge is -2.19. The van der Waals surface area contributed by atoms with Crippen LogP contribution in [-0.4, -0.2) is 26.5 Å². The summed E-state index contributed by atoms with van der Waals surface area (Å²) in [5, 5.41) is 7.59. The Bertz CT molecular complexity index is 1260. The van der Waals surface area contributed by atoms with Crippen LogP contribution in [0, 0.1) is 6.92 Å². The van der Waals surface area contributed by atoms with Crippen molar-refractivity contribution in [3.63, 3.8) is 0 Å². The molecule has 0 radical (unpaired) electrons. The number of carbonyl (C=O) groups is 2. The molecule has 3 aromatic rings. The Morgan fingerprint density at radius 1 is 1.06 bits per heavy atom. The minimum Gasteiger partial charge on any atom is -0.344 e. The minimum atomic E-state index is -3.30. The number of hydrogen-bond donors (Lipinski definition) is 2. The molecule has 1 aromatic heterocycles. The maximum Gasteiger partial charge on any atom is 0.268 e. The third-order valence-electron chi connectivity index (χ3n) is 5.03. The maximum absolute atomic E-state index is 13.2. The molecule has 2 amide bonds. The molecule has 0 spiro atoms. The summed E-state index contributed by atoms with van der Waals surface area (Å²) in [7, 11) is -3.30. The monoisotopic (exact) mass is 482 g/mol. The molecule has 2 N–H and O–H groups in total. The average molecular weight is 483 g/mol. The van der Waals surface area contributed by atoms with E-state index in [4.69, 9.17) is 0 Å². The largest absolute Gasteiger partial charge is 0.344 e. The van der Waals surface area contributed by atoms with Gasteiger partial charge in [-0.1, -0.05) is 42.8 Å². The van der Waals surface area contributed by atoms with E-state index in [1.165, 1.54) is 23.5 Å². The fourth-order valence-corrected chi connectivity index (χ4v) is 4.55. The average Bonchev–Trinajstić information content (AvgIpc) is 3.29. The molecule has 0 aliphatic heterocycles. The number of amides is 2. The van der Waals surface area contributed by atoms with Crippen LogP contribution in [0.3, 0.4) is 0 Å². The highest BCUT2D eigenvalue weighted by molar-refractivity contribution is 7.90. The van der Waals surface area contributed by atoms with Gasteiger partial charge in [-0.2, -0.15) is 0 Å². The summed E-state index contributed by atoms with van der Waals surface area (Å²) in [6.45, 7) is 3.82. The van der Waals surface area contributed by atoms with Gasteiger partial charge in [0.2, 0.25) is 0 Å². The van der Waals surface area contributed by atoms with E-state index in [2.05, 4.69) is 10.6 Å². The van der Waals surface area contributed by atoms with Crippen molar-refractivity contribution < 1.29 is 18.0 Å². The Morgan fingerprint density at radius 2 is 1.79 bits per heavy atom. The Morgan fingerprint density at radius 3 is 2.36 bits per heavy atom. The normalized spacial score (nSPS) is 12.8.